The van der Waals surface area contributed by atoms with E-state index in [4.69, 9.17) is 20.9 Å². The number of hydrogen-bond donors (Lipinski definition) is 4. The Kier molecular flexibility index (Phi) is 10.0. The zero-order valence-electron chi connectivity index (χ0n) is 28.2. The molecule has 3 heterocycles. The molecule has 9 unspecified atom stereocenters. The quantitative estimate of drug-likeness (QED) is 0.133. The Morgan fingerprint density at radius 1 is 1.09 bits per heavy atom. The molecule has 0 spiro atoms. The number of aliphatic imine (C=N–C) groups is 1. The van der Waals surface area contributed by atoms with Crippen molar-refractivity contribution in [2.24, 2.45) is 34.2 Å². The van der Waals surface area contributed by atoms with Gasteiger partial charge in [0, 0.05) is 44.3 Å². The number of amides is 2. The summed E-state index contributed by atoms with van der Waals surface area (Å²) < 4.78 is 28.9. The Balaban J connectivity index is 1.22. The third kappa shape index (κ3) is 7.40. The number of alkyl carbamates (subject to hydrolysis) is 1. The average Bonchev–Trinajstić information content (AvgIpc) is 3.45. The Hall–Kier alpha value is -2.93. The van der Waals surface area contributed by atoms with Gasteiger partial charge in [-0.2, -0.15) is 0 Å². The molecule has 6 aliphatic rings. The maximum absolute atomic E-state index is 16.5. The van der Waals surface area contributed by atoms with Crippen LogP contribution >= 0.6 is 0 Å². The molecule has 0 aromatic rings. The standard InChI is InChI=1S/C34H54FN7O5/c1-34(2,3)47-33(45)40-21-10-13-41(17-21)28-24(35)16-22-27-30(28)46-26-15-20-9-5-4-8-19(20)14-25(26)42(27)18-23(29(22)43)31(44)38-11-6-7-12-39-32(36)37/h18-22,24-28,30H,4-17H2,1-3H3,(H,38,44)(H,40,45)(H4,36,37,39)/t19?,20?,21-,22?,24?,25?,26?,27?,28?,30?/m1/s1. The number of morpholine rings is 1. The van der Waals surface area contributed by atoms with Crippen LogP contribution in [0, 0.1) is 17.8 Å². The average molecular weight is 660 g/mol. The van der Waals surface area contributed by atoms with Crippen LogP contribution in [0.1, 0.15) is 85.0 Å². The first kappa shape index (κ1) is 34.0. The molecule has 3 aliphatic carbocycles. The zero-order chi connectivity index (χ0) is 33.5. The number of likely N-dealkylation sites (tertiary alicyclic amines) is 1. The molecule has 0 aromatic carbocycles. The number of Topliss-reactive ketones (excluding diaryl/α,β-unsaturated/α-hetero) is 1. The second kappa shape index (κ2) is 13.9. The van der Waals surface area contributed by atoms with Gasteiger partial charge < -0.3 is 36.5 Å². The number of ketones is 1. The zero-order valence-corrected chi connectivity index (χ0v) is 28.2. The number of nitrogens with one attached hydrogen (secondary N) is 2. The van der Waals surface area contributed by atoms with Crippen molar-refractivity contribution in [3.05, 3.63) is 11.8 Å². The normalized spacial score (nSPS) is 36.7. The van der Waals surface area contributed by atoms with Gasteiger partial charge >= 0.3 is 6.09 Å². The SMILES string of the molecule is CC(C)(C)OC(=O)N[C@@H]1CCN(C2C(F)CC3C(=O)C(C(=O)NCCCCN=C(N)N)=CN4C5CC6CCCCC6CC5OC2C34)C1. The molecule has 47 heavy (non-hydrogen) atoms. The van der Waals surface area contributed by atoms with E-state index >= 15 is 4.39 Å². The van der Waals surface area contributed by atoms with E-state index in [1.807, 2.05) is 20.8 Å². The van der Waals surface area contributed by atoms with E-state index in [0.717, 1.165) is 12.8 Å². The molecular weight excluding hydrogens is 605 g/mol. The minimum Gasteiger partial charge on any atom is -0.444 e. The highest BCUT2D eigenvalue weighted by molar-refractivity contribution is 6.20. The number of rotatable bonds is 8. The summed E-state index contributed by atoms with van der Waals surface area (Å²) in [4.78, 5) is 48.3. The van der Waals surface area contributed by atoms with Gasteiger partial charge in [0.1, 0.15) is 11.8 Å². The Labute approximate surface area is 277 Å². The molecule has 5 fully saturated rings. The van der Waals surface area contributed by atoms with Crippen molar-refractivity contribution in [1.29, 1.82) is 0 Å². The molecule has 262 valence electrons. The van der Waals surface area contributed by atoms with Crippen molar-refractivity contribution >= 4 is 23.7 Å². The molecule has 12 nitrogen and oxygen atoms in total. The Morgan fingerprint density at radius 2 is 1.83 bits per heavy atom. The number of carbonyl (C=O) groups is 3. The largest absolute Gasteiger partial charge is 0.444 e. The first-order valence-electron chi connectivity index (χ1n) is 17.8. The molecule has 2 amide bonds. The van der Waals surface area contributed by atoms with Crippen LogP contribution in [-0.2, 0) is 19.1 Å². The molecule has 2 saturated heterocycles. The van der Waals surface area contributed by atoms with Crippen LogP contribution < -0.4 is 22.1 Å². The lowest BCUT2D eigenvalue weighted by atomic mass is 9.64. The number of nitrogens with two attached hydrogens (primary N) is 2. The van der Waals surface area contributed by atoms with Gasteiger partial charge in [-0.15, -0.1) is 0 Å². The van der Waals surface area contributed by atoms with Crippen molar-refractivity contribution in [2.75, 3.05) is 26.2 Å². The predicted molar refractivity (Wildman–Crippen MR) is 175 cm³/mol. The fourth-order valence-corrected chi connectivity index (χ4v) is 9.26. The van der Waals surface area contributed by atoms with Gasteiger partial charge in [-0.05, 0) is 71.1 Å². The predicted octanol–water partition coefficient (Wildman–Crippen LogP) is 2.36. The van der Waals surface area contributed by atoms with Gasteiger partial charge in [0.05, 0.1) is 35.9 Å². The van der Waals surface area contributed by atoms with E-state index in [2.05, 4.69) is 25.4 Å². The molecule has 3 saturated carbocycles. The molecule has 6 N–H and O–H groups in total. The summed E-state index contributed by atoms with van der Waals surface area (Å²) in [5.41, 5.74) is 10.3. The van der Waals surface area contributed by atoms with Gasteiger partial charge in [-0.25, -0.2) is 9.18 Å². The van der Waals surface area contributed by atoms with Crippen molar-refractivity contribution in [1.82, 2.24) is 20.4 Å². The molecule has 0 radical (unpaired) electrons. The molecular formula is C34H54FN7O5. The number of unbranched alkanes of at least 4 members (excludes halogenated alkanes) is 1. The fraction of sp³-hybridized carbons (Fsp3) is 0.824. The maximum Gasteiger partial charge on any atom is 0.407 e. The third-order valence-corrected chi connectivity index (χ3v) is 11.2. The summed E-state index contributed by atoms with van der Waals surface area (Å²) in [5, 5.41) is 5.88. The van der Waals surface area contributed by atoms with Crippen LogP contribution in [0.3, 0.4) is 0 Å². The number of alkyl halides is 1. The highest BCUT2D eigenvalue weighted by Gasteiger charge is 2.61. The number of fused-ring (bicyclic) bond motifs is 3. The van der Waals surface area contributed by atoms with Crippen molar-refractivity contribution in [3.63, 3.8) is 0 Å². The summed E-state index contributed by atoms with van der Waals surface area (Å²) in [6.45, 7) is 7.44. The molecule has 13 heteroatoms. The number of ether oxygens (including phenoxy) is 2. The number of guanidine groups is 1. The lowest BCUT2D eigenvalue weighted by molar-refractivity contribution is -0.219. The van der Waals surface area contributed by atoms with Crippen molar-refractivity contribution in [2.45, 2.75) is 133 Å². The summed E-state index contributed by atoms with van der Waals surface area (Å²) in [7, 11) is 0. The Morgan fingerprint density at radius 3 is 2.55 bits per heavy atom. The second-order valence-corrected chi connectivity index (χ2v) is 15.6. The fourth-order valence-electron chi connectivity index (χ4n) is 9.26. The monoisotopic (exact) mass is 659 g/mol. The molecule has 3 aliphatic heterocycles. The summed E-state index contributed by atoms with van der Waals surface area (Å²) in [5.74, 6) is -0.143. The van der Waals surface area contributed by atoms with E-state index in [-0.39, 0.29) is 48.0 Å². The van der Waals surface area contributed by atoms with Gasteiger partial charge in [0.15, 0.2) is 11.7 Å². The Bertz CT molecular complexity index is 1250. The van der Waals surface area contributed by atoms with Gasteiger partial charge in [0.2, 0.25) is 0 Å². The first-order valence-corrected chi connectivity index (χ1v) is 17.8. The summed E-state index contributed by atoms with van der Waals surface area (Å²) in [6, 6.07) is -1.00. The van der Waals surface area contributed by atoms with E-state index in [1.54, 1.807) is 6.20 Å². The first-order chi connectivity index (χ1) is 22.4. The lowest BCUT2D eigenvalue weighted by Crippen LogP contribution is -2.73. The minimum absolute atomic E-state index is 0.0360. The number of hydrogen-bond acceptors (Lipinski definition) is 8. The van der Waals surface area contributed by atoms with Gasteiger partial charge in [-0.1, -0.05) is 25.7 Å². The second-order valence-electron chi connectivity index (χ2n) is 15.6. The van der Waals surface area contributed by atoms with Crippen LogP contribution in [0.2, 0.25) is 0 Å². The van der Waals surface area contributed by atoms with Gasteiger partial charge in [-0.3, -0.25) is 19.5 Å². The highest BCUT2D eigenvalue weighted by Crippen LogP contribution is 2.51. The molecule has 10 atom stereocenters. The number of nitrogens with zero attached hydrogens (tertiary/aromatic N) is 3. The van der Waals surface area contributed by atoms with E-state index in [1.165, 1.54) is 25.7 Å². The smallest absolute Gasteiger partial charge is 0.407 e. The van der Waals surface area contributed by atoms with E-state index in [9.17, 15) is 14.4 Å². The van der Waals surface area contributed by atoms with Crippen LogP contribution in [-0.4, -0.2) is 108 Å². The van der Waals surface area contributed by atoms with Gasteiger partial charge in [0.25, 0.3) is 5.91 Å². The van der Waals surface area contributed by atoms with E-state index in [0.29, 0.717) is 57.3 Å². The summed E-state index contributed by atoms with van der Waals surface area (Å²) >= 11 is 0. The third-order valence-electron chi connectivity index (χ3n) is 11.2. The van der Waals surface area contributed by atoms with Crippen molar-refractivity contribution < 1.29 is 28.2 Å². The van der Waals surface area contributed by atoms with Crippen LogP contribution in [0.5, 0.6) is 0 Å². The van der Waals surface area contributed by atoms with Crippen molar-refractivity contribution in [3.8, 4) is 0 Å². The maximum atomic E-state index is 16.5. The lowest BCUT2D eigenvalue weighted by Gasteiger charge is -2.61. The topological polar surface area (TPSA) is 165 Å². The molecule has 0 bridgehead atoms. The molecule has 6 rings (SSSR count). The minimum atomic E-state index is -1.31. The molecule has 0 aromatic heterocycles. The van der Waals surface area contributed by atoms with Crippen LogP contribution in [0.15, 0.2) is 16.8 Å². The van der Waals surface area contributed by atoms with Crippen LogP contribution in [0.4, 0.5) is 9.18 Å². The summed E-state index contributed by atoms with van der Waals surface area (Å²) in [6.07, 6.45) is 8.22. The van der Waals surface area contributed by atoms with E-state index < -0.39 is 41.8 Å². The number of carbonyl (C=O) groups excluding carboxylic acids is 3. The number of halogens is 1. The van der Waals surface area contributed by atoms with Crippen LogP contribution in [0.25, 0.3) is 0 Å². The highest BCUT2D eigenvalue weighted by atomic mass is 19.1.